The van der Waals surface area contributed by atoms with E-state index in [1.54, 1.807) is 0 Å². The molecule has 80 valence electrons. The van der Waals surface area contributed by atoms with Crippen LogP contribution >= 0.6 is 0 Å². The van der Waals surface area contributed by atoms with Crippen molar-refractivity contribution in [3.05, 3.63) is 24.3 Å². The number of ether oxygens (including phenoxy) is 1. The number of nitrogens with two attached hydrogens (primary N) is 1. The maximum absolute atomic E-state index is 5.56. The van der Waals surface area contributed by atoms with Crippen LogP contribution in [0.1, 0.15) is 25.7 Å². The predicted molar refractivity (Wildman–Crippen MR) is 63.7 cm³/mol. The molecule has 0 saturated carbocycles. The number of rotatable bonds is 6. The van der Waals surface area contributed by atoms with Crippen LogP contribution in [0.15, 0.2) is 24.3 Å². The SMILES string of the molecule is C#CCCCCCOc1ccc(N)cc1. The minimum atomic E-state index is 0.745. The Bertz CT molecular complexity index is 310. The van der Waals surface area contributed by atoms with Gasteiger partial charge in [-0.25, -0.2) is 0 Å². The number of unbranched alkanes of at least 4 members (excludes halogenated alkanes) is 3. The van der Waals surface area contributed by atoms with E-state index in [1.807, 2.05) is 24.3 Å². The maximum Gasteiger partial charge on any atom is 0.119 e. The number of terminal acetylenes is 1. The van der Waals surface area contributed by atoms with Crippen molar-refractivity contribution in [3.63, 3.8) is 0 Å². The maximum atomic E-state index is 5.56. The molecular formula is C13H17NO. The van der Waals surface area contributed by atoms with Gasteiger partial charge < -0.3 is 10.5 Å². The topological polar surface area (TPSA) is 35.2 Å². The van der Waals surface area contributed by atoms with Crippen LogP contribution in [0.4, 0.5) is 5.69 Å². The van der Waals surface area contributed by atoms with Crippen molar-refractivity contribution in [2.75, 3.05) is 12.3 Å². The molecule has 0 aliphatic rings. The van der Waals surface area contributed by atoms with E-state index in [2.05, 4.69) is 5.92 Å². The van der Waals surface area contributed by atoms with Crippen molar-refractivity contribution in [2.24, 2.45) is 0 Å². The van der Waals surface area contributed by atoms with E-state index in [0.717, 1.165) is 43.7 Å². The van der Waals surface area contributed by atoms with Gasteiger partial charge in [0.15, 0.2) is 0 Å². The van der Waals surface area contributed by atoms with Gasteiger partial charge in [0.1, 0.15) is 5.75 Å². The lowest BCUT2D eigenvalue weighted by atomic mass is 10.2. The van der Waals surface area contributed by atoms with Crippen LogP contribution in [0, 0.1) is 12.3 Å². The molecule has 1 aromatic carbocycles. The lowest BCUT2D eigenvalue weighted by Gasteiger charge is -2.05. The first-order valence-electron chi connectivity index (χ1n) is 5.25. The lowest BCUT2D eigenvalue weighted by molar-refractivity contribution is 0.305. The molecule has 0 aliphatic carbocycles. The van der Waals surface area contributed by atoms with Gasteiger partial charge in [-0.15, -0.1) is 12.3 Å². The van der Waals surface area contributed by atoms with Crippen molar-refractivity contribution in [2.45, 2.75) is 25.7 Å². The Morgan fingerprint density at radius 3 is 2.53 bits per heavy atom. The largest absolute Gasteiger partial charge is 0.494 e. The predicted octanol–water partition coefficient (Wildman–Crippen LogP) is 2.84. The van der Waals surface area contributed by atoms with Crippen LogP contribution in [0.2, 0.25) is 0 Å². The van der Waals surface area contributed by atoms with E-state index < -0.39 is 0 Å². The molecule has 0 spiro atoms. The Labute approximate surface area is 91.4 Å². The molecule has 0 atom stereocenters. The molecule has 0 unspecified atom stereocenters. The number of benzene rings is 1. The molecule has 2 heteroatoms. The molecule has 0 aromatic heterocycles. The van der Waals surface area contributed by atoms with Gasteiger partial charge in [0.2, 0.25) is 0 Å². The van der Waals surface area contributed by atoms with Crippen LogP contribution in [-0.4, -0.2) is 6.61 Å². The van der Waals surface area contributed by atoms with Crippen molar-refractivity contribution < 1.29 is 4.74 Å². The van der Waals surface area contributed by atoms with Gasteiger partial charge in [-0.3, -0.25) is 0 Å². The van der Waals surface area contributed by atoms with Gasteiger partial charge in [-0.1, -0.05) is 0 Å². The highest BCUT2D eigenvalue weighted by atomic mass is 16.5. The van der Waals surface area contributed by atoms with Gasteiger partial charge in [-0.2, -0.15) is 0 Å². The van der Waals surface area contributed by atoms with Gasteiger partial charge in [-0.05, 0) is 43.5 Å². The molecule has 1 rings (SSSR count). The third kappa shape index (κ3) is 4.97. The van der Waals surface area contributed by atoms with Gasteiger partial charge in [0.25, 0.3) is 0 Å². The minimum Gasteiger partial charge on any atom is -0.494 e. The Balaban J connectivity index is 2.10. The van der Waals surface area contributed by atoms with E-state index in [-0.39, 0.29) is 0 Å². The Kier molecular flexibility index (Phi) is 5.18. The summed E-state index contributed by atoms with van der Waals surface area (Å²) in [6.45, 7) is 0.745. The summed E-state index contributed by atoms with van der Waals surface area (Å²) in [6.07, 6.45) is 9.28. The van der Waals surface area contributed by atoms with Crippen LogP contribution < -0.4 is 10.5 Å². The molecule has 0 saturated heterocycles. The highest BCUT2D eigenvalue weighted by Crippen LogP contribution is 2.13. The molecule has 0 bridgehead atoms. The van der Waals surface area contributed by atoms with Crippen molar-refractivity contribution in [3.8, 4) is 18.1 Å². The van der Waals surface area contributed by atoms with Gasteiger partial charge >= 0.3 is 0 Å². The first-order valence-corrected chi connectivity index (χ1v) is 5.25. The van der Waals surface area contributed by atoms with Crippen LogP contribution in [-0.2, 0) is 0 Å². The zero-order valence-electron chi connectivity index (χ0n) is 8.91. The average molecular weight is 203 g/mol. The highest BCUT2D eigenvalue weighted by molar-refractivity contribution is 5.41. The van der Waals surface area contributed by atoms with Crippen molar-refractivity contribution in [1.82, 2.24) is 0 Å². The summed E-state index contributed by atoms with van der Waals surface area (Å²) >= 11 is 0. The summed E-state index contributed by atoms with van der Waals surface area (Å²) in [7, 11) is 0. The molecule has 15 heavy (non-hydrogen) atoms. The van der Waals surface area contributed by atoms with Crippen molar-refractivity contribution >= 4 is 5.69 Å². The summed E-state index contributed by atoms with van der Waals surface area (Å²) < 4.78 is 5.53. The second kappa shape index (κ2) is 6.78. The zero-order valence-corrected chi connectivity index (χ0v) is 8.91. The Hall–Kier alpha value is -1.62. The molecule has 0 amide bonds. The second-order valence-corrected chi connectivity index (χ2v) is 3.43. The lowest BCUT2D eigenvalue weighted by Crippen LogP contribution is -1.97. The van der Waals surface area contributed by atoms with E-state index in [4.69, 9.17) is 16.9 Å². The van der Waals surface area contributed by atoms with E-state index >= 15 is 0 Å². The standard InChI is InChI=1S/C13H17NO/c1-2-3-4-5-6-11-15-13-9-7-12(14)8-10-13/h1,7-10H,3-6,11,14H2. The average Bonchev–Trinajstić information content (AvgIpc) is 2.26. The molecule has 0 fully saturated rings. The molecular weight excluding hydrogens is 186 g/mol. The summed E-state index contributed by atoms with van der Waals surface area (Å²) in [5, 5.41) is 0. The second-order valence-electron chi connectivity index (χ2n) is 3.43. The quantitative estimate of drug-likeness (QED) is 0.438. The first kappa shape index (κ1) is 11.5. The molecule has 0 heterocycles. The van der Waals surface area contributed by atoms with Crippen LogP contribution in [0.25, 0.3) is 0 Å². The molecule has 1 aromatic rings. The zero-order chi connectivity index (χ0) is 10.9. The molecule has 2 nitrogen and oxygen atoms in total. The number of hydrogen-bond donors (Lipinski definition) is 1. The van der Waals surface area contributed by atoms with Gasteiger partial charge in [0, 0.05) is 12.1 Å². The van der Waals surface area contributed by atoms with Gasteiger partial charge in [0.05, 0.1) is 6.61 Å². The normalized spacial score (nSPS) is 9.53. The molecule has 2 N–H and O–H groups in total. The van der Waals surface area contributed by atoms with Crippen LogP contribution in [0.3, 0.4) is 0 Å². The highest BCUT2D eigenvalue weighted by Gasteiger charge is 1.93. The summed E-state index contributed by atoms with van der Waals surface area (Å²) in [6, 6.07) is 7.45. The number of anilines is 1. The first-order chi connectivity index (χ1) is 7.33. The third-order valence-electron chi connectivity index (χ3n) is 2.11. The number of hydrogen-bond acceptors (Lipinski definition) is 2. The van der Waals surface area contributed by atoms with Crippen LogP contribution in [0.5, 0.6) is 5.75 Å². The van der Waals surface area contributed by atoms with E-state index in [9.17, 15) is 0 Å². The summed E-state index contributed by atoms with van der Waals surface area (Å²) in [5.41, 5.74) is 6.32. The summed E-state index contributed by atoms with van der Waals surface area (Å²) in [5.74, 6) is 3.50. The van der Waals surface area contributed by atoms with E-state index in [1.165, 1.54) is 0 Å². The Morgan fingerprint density at radius 1 is 1.13 bits per heavy atom. The number of nitrogen functional groups attached to an aromatic ring is 1. The fourth-order valence-electron chi connectivity index (χ4n) is 1.26. The Morgan fingerprint density at radius 2 is 1.87 bits per heavy atom. The molecule has 0 radical (unpaired) electrons. The molecule has 0 aliphatic heterocycles. The van der Waals surface area contributed by atoms with E-state index in [0.29, 0.717) is 0 Å². The third-order valence-corrected chi connectivity index (χ3v) is 2.11. The fourth-order valence-corrected chi connectivity index (χ4v) is 1.26. The van der Waals surface area contributed by atoms with Crippen molar-refractivity contribution in [1.29, 1.82) is 0 Å². The smallest absolute Gasteiger partial charge is 0.119 e. The fraction of sp³-hybridized carbons (Fsp3) is 0.385. The monoisotopic (exact) mass is 203 g/mol. The summed E-state index contributed by atoms with van der Waals surface area (Å²) in [4.78, 5) is 0. The minimum absolute atomic E-state index is 0.745.